The summed E-state index contributed by atoms with van der Waals surface area (Å²) >= 11 is 1.53. The molecule has 1 saturated heterocycles. The summed E-state index contributed by atoms with van der Waals surface area (Å²) in [6.07, 6.45) is 8.92. The van der Waals surface area contributed by atoms with E-state index in [1.54, 1.807) is 20.3 Å². The molecule has 3 rings (SSSR count). The predicted octanol–water partition coefficient (Wildman–Crippen LogP) is 4.19. The molecular weight excluding hydrogens is 374 g/mol. The quantitative estimate of drug-likeness (QED) is 0.705. The number of anilines is 1. The van der Waals surface area contributed by atoms with Crippen molar-refractivity contribution < 1.29 is 14.3 Å². The molecule has 0 bridgehead atoms. The van der Waals surface area contributed by atoms with Gasteiger partial charge in [-0.15, -0.1) is 11.3 Å². The van der Waals surface area contributed by atoms with Crippen LogP contribution >= 0.6 is 11.3 Å². The smallest absolute Gasteiger partial charge is 0.250 e. The van der Waals surface area contributed by atoms with Crippen LogP contribution in [0.15, 0.2) is 30.5 Å². The Balaban J connectivity index is 1.56. The molecule has 0 saturated carbocycles. The average Bonchev–Trinajstić information content (AvgIpc) is 3.14. The Kier molecular flexibility index (Phi) is 7.06. The van der Waals surface area contributed by atoms with Crippen LogP contribution < -0.4 is 14.8 Å². The molecule has 1 N–H and O–H groups in total. The van der Waals surface area contributed by atoms with E-state index in [-0.39, 0.29) is 5.91 Å². The molecule has 0 aliphatic carbocycles. The van der Waals surface area contributed by atoms with Gasteiger partial charge in [0.1, 0.15) is 0 Å². The normalized spacial score (nSPS) is 17.6. The first-order chi connectivity index (χ1) is 13.6. The lowest BCUT2D eigenvalue weighted by molar-refractivity contribution is -0.111. The number of aromatic nitrogens is 1. The van der Waals surface area contributed by atoms with Crippen molar-refractivity contribution in [3.63, 3.8) is 0 Å². The summed E-state index contributed by atoms with van der Waals surface area (Å²) < 4.78 is 10.5. The minimum absolute atomic E-state index is 0.206. The third-order valence-electron chi connectivity index (χ3n) is 4.92. The minimum atomic E-state index is -0.206. The first-order valence-corrected chi connectivity index (χ1v) is 10.3. The number of ether oxygens (including phenoxy) is 2. The van der Waals surface area contributed by atoms with Crippen molar-refractivity contribution in [2.24, 2.45) is 0 Å². The van der Waals surface area contributed by atoms with E-state index in [2.05, 4.69) is 22.1 Å². The van der Waals surface area contributed by atoms with Gasteiger partial charge in [0.05, 0.1) is 14.2 Å². The summed E-state index contributed by atoms with van der Waals surface area (Å²) in [6.45, 7) is 4.31. The maximum Gasteiger partial charge on any atom is 0.250 e. The molecule has 150 valence electrons. The lowest BCUT2D eigenvalue weighted by Crippen LogP contribution is -2.36. The molecule has 1 atom stereocenters. The molecule has 7 heteroatoms. The molecule has 6 nitrogen and oxygen atoms in total. The number of nitrogens with zero attached hydrogens (tertiary/aromatic N) is 2. The molecule has 1 fully saturated rings. The monoisotopic (exact) mass is 401 g/mol. The highest BCUT2D eigenvalue weighted by atomic mass is 32.1. The lowest BCUT2D eigenvalue weighted by Gasteiger charge is -2.32. The number of amides is 1. The molecular formula is C21H27N3O3S. The minimum Gasteiger partial charge on any atom is -0.493 e. The molecule has 1 aliphatic heterocycles. The van der Waals surface area contributed by atoms with Crippen molar-refractivity contribution >= 4 is 28.5 Å². The van der Waals surface area contributed by atoms with Gasteiger partial charge in [-0.2, -0.15) is 0 Å². The second-order valence-electron chi connectivity index (χ2n) is 6.88. The molecule has 2 heterocycles. The van der Waals surface area contributed by atoms with Gasteiger partial charge in [-0.05, 0) is 50.1 Å². The van der Waals surface area contributed by atoms with Gasteiger partial charge in [0.25, 0.3) is 0 Å². The Hall–Kier alpha value is -2.38. The number of piperidine rings is 1. The zero-order chi connectivity index (χ0) is 19.9. The Morgan fingerprint density at radius 3 is 2.89 bits per heavy atom. The molecule has 1 aromatic carbocycles. The Bertz CT molecular complexity index is 834. The number of rotatable bonds is 7. The second-order valence-corrected chi connectivity index (χ2v) is 8.00. The number of nitrogens with one attached hydrogen (secondary N) is 1. The van der Waals surface area contributed by atoms with Crippen molar-refractivity contribution in [3.05, 3.63) is 40.9 Å². The van der Waals surface area contributed by atoms with Gasteiger partial charge in [0, 0.05) is 29.7 Å². The number of hydrogen-bond acceptors (Lipinski definition) is 6. The van der Waals surface area contributed by atoms with E-state index in [0.717, 1.165) is 18.7 Å². The SMILES string of the molecule is COc1ccc(/C=C/C(=O)Nc2ncc(CN3CCCCC3C)s2)cc1OC. The predicted molar refractivity (Wildman–Crippen MR) is 113 cm³/mol. The van der Waals surface area contributed by atoms with Gasteiger partial charge in [0.15, 0.2) is 16.6 Å². The van der Waals surface area contributed by atoms with E-state index < -0.39 is 0 Å². The van der Waals surface area contributed by atoms with Gasteiger partial charge in [0.2, 0.25) is 5.91 Å². The first kappa shape index (κ1) is 20.4. The standard InChI is InChI=1S/C21H27N3O3S/c1-15-6-4-5-11-24(15)14-17-13-22-21(28-17)23-20(25)10-8-16-7-9-18(26-2)19(12-16)27-3/h7-10,12-13,15H,4-6,11,14H2,1-3H3,(H,22,23,25)/b10-8+. The Labute approximate surface area is 170 Å². The fourth-order valence-corrected chi connectivity index (χ4v) is 4.15. The van der Waals surface area contributed by atoms with Crippen LogP contribution in [0.5, 0.6) is 11.5 Å². The topological polar surface area (TPSA) is 63.7 Å². The van der Waals surface area contributed by atoms with Crippen molar-refractivity contribution in [2.45, 2.75) is 38.8 Å². The van der Waals surface area contributed by atoms with E-state index in [1.165, 1.54) is 41.6 Å². The van der Waals surface area contributed by atoms with Crippen LogP contribution in [0.4, 0.5) is 5.13 Å². The van der Waals surface area contributed by atoms with E-state index in [9.17, 15) is 4.79 Å². The summed E-state index contributed by atoms with van der Waals surface area (Å²) in [5.41, 5.74) is 0.853. The molecule has 2 aromatic rings. The number of carbonyl (C=O) groups is 1. The second kappa shape index (κ2) is 9.71. The summed E-state index contributed by atoms with van der Waals surface area (Å²) in [6, 6.07) is 6.11. The third kappa shape index (κ3) is 5.33. The number of hydrogen-bond donors (Lipinski definition) is 1. The van der Waals surface area contributed by atoms with Crippen LogP contribution in [0.2, 0.25) is 0 Å². The Morgan fingerprint density at radius 1 is 1.32 bits per heavy atom. The third-order valence-corrected chi connectivity index (χ3v) is 5.82. The van der Waals surface area contributed by atoms with Gasteiger partial charge in [-0.25, -0.2) is 4.98 Å². The molecule has 1 unspecified atom stereocenters. The van der Waals surface area contributed by atoms with Crippen LogP contribution in [0, 0.1) is 0 Å². The van der Waals surface area contributed by atoms with Gasteiger partial charge in [-0.1, -0.05) is 12.5 Å². The summed E-state index contributed by atoms with van der Waals surface area (Å²) in [5, 5.41) is 3.47. The largest absolute Gasteiger partial charge is 0.493 e. The van der Waals surface area contributed by atoms with Crippen molar-refractivity contribution in [1.82, 2.24) is 9.88 Å². The van der Waals surface area contributed by atoms with Crippen LogP contribution in [0.3, 0.4) is 0 Å². The van der Waals surface area contributed by atoms with Crippen molar-refractivity contribution in [1.29, 1.82) is 0 Å². The zero-order valence-corrected chi connectivity index (χ0v) is 17.4. The molecule has 0 spiro atoms. The summed E-state index contributed by atoms with van der Waals surface area (Å²) in [5.74, 6) is 1.08. The zero-order valence-electron chi connectivity index (χ0n) is 16.6. The van der Waals surface area contributed by atoms with Crippen LogP contribution in [-0.4, -0.2) is 42.6 Å². The van der Waals surface area contributed by atoms with Crippen molar-refractivity contribution in [3.8, 4) is 11.5 Å². The lowest BCUT2D eigenvalue weighted by atomic mass is 10.0. The maximum absolute atomic E-state index is 12.2. The summed E-state index contributed by atoms with van der Waals surface area (Å²) in [7, 11) is 3.18. The fraction of sp³-hybridized carbons (Fsp3) is 0.429. The number of likely N-dealkylation sites (tertiary alicyclic amines) is 1. The molecule has 28 heavy (non-hydrogen) atoms. The number of methoxy groups -OCH3 is 2. The number of carbonyl (C=O) groups excluding carboxylic acids is 1. The molecule has 1 amide bonds. The van der Waals surface area contributed by atoms with E-state index in [0.29, 0.717) is 22.7 Å². The molecule has 1 aliphatic rings. The van der Waals surface area contributed by atoms with Gasteiger partial charge in [-0.3, -0.25) is 15.0 Å². The summed E-state index contributed by atoms with van der Waals surface area (Å²) in [4.78, 5) is 20.2. The number of thiazole rings is 1. The highest BCUT2D eigenvalue weighted by Gasteiger charge is 2.19. The van der Waals surface area contributed by atoms with Crippen LogP contribution in [0.1, 0.15) is 36.6 Å². The highest BCUT2D eigenvalue weighted by molar-refractivity contribution is 7.15. The maximum atomic E-state index is 12.2. The first-order valence-electron chi connectivity index (χ1n) is 9.49. The van der Waals surface area contributed by atoms with E-state index in [4.69, 9.17) is 9.47 Å². The number of benzene rings is 1. The van der Waals surface area contributed by atoms with Crippen LogP contribution in [0.25, 0.3) is 6.08 Å². The van der Waals surface area contributed by atoms with E-state index >= 15 is 0 Å². The van der Waals surface area contributed by atoms with Gasteiger partial charge >= 0.3 is 0 Å². The van der Waals surface area contributed by atoms with E-state index in [1.807, 2.05) is 24.4 Å². The molecule has 1 aromatic heterocycles. The fourth-order valence-electron chi connectivity index (χ4n) is 3.31. The Morgan fingerprint density at radius 2 is 2.14 bits per heavy atom. The average molecular weight is 402 g/mol. The van der Waals surface area contributed by atoms with Crippen LogP contribution in [-0.2, 0) is 11.3 Å². The van der Waals surface area contributed by atoms with Crippen molar-refractivity contribution in [2.75, 3.05) is 26.1 Å². The molecule has 0 radical (unpaired) electrons. The highest BCUT2D eigenvalue weighted by Crippen LogP contribution is 2.28. The van der Waals surface area contributed by atoms with Gasteiger partial charge < -0.3 is 9.47 Å².